The molecule has 17 heavy (non-hydrogen) atoms. The SMILES string of the molecule is Cc1cc(C)c(-c2cnc(CCS)[nH]2)c(C)c1. The Morgan fingerprint density at radius 3 is 2.41 bits per heavy atom. The summed E-state index contributed by atoms with van der Waals surface area (Å²) in [4.78, 5) is 7.75. The van der Waals surface area contributed by atoms with Gasteiger partial charge in [0.15, 0.2) is 0 Å². The van der Waals surface area contributed by atoms with Gasteiger partial charge < -0.3 is 4.98 Å². The largest absolute Gasteiger partial charge is 0.342 e. The summed E-state index contributed by atoms with van der Waals surface area (Å²) in [5.74, 6) is 1.83. The molecule has 0 unspecified atom stereocenters. The third-order valence-corrected chi connectivity index (χ3v) is 3.15. The molecule has 0 aliphatic carbocycles. The number of rotatable bonds is 3. The average Bonchev–Trinajstić information content (AvgIpc) is 2.65. The molecule has 0 amide bonds. The van der Waals surface area contributed by atoms with Gasteiger partial charge in [0.1, 0.15) is 5.82 Å². The van der Waals surface area contributed by atoms with Crippen molar-refractivity contribution in [3.8, 4) is 11.3 Å². The zero-order valence-electron chi connectivity index (χ0n) is 10.5. The van der Waals surface area contributed by atoms with Crippen LogP contribution < -0.4 is 0 Å². The Hall–Kier alpha value is -1.22. The van der Waals surface area contributed by atoms with E-state index in [9.17, 15) is 0 Å². The van der Waals surface area contributed by atoms with Crippen LogP contribution in [0.15, 0.2) is 18.3 Å². The van der Waals surface area contributed by atoms with E-state index in [0.717, 1.165) is 23.7 Å². The van der Waals surface area contributed by atoms with E-state index in [1.54, 1.807) is 0 Å². The van der Waals surface area contributed by atoms with Crippen molar-refractivity contribution in [1.29, 1.82) is 0 Å². The molecule has 0 atom stereocenters. The molecule has 1 aromatic carbocycles. The van der Waals surface area contributed by atoms with Gasteiger partial charge in [0.25, 0.3) is 0 Å². The summed E-state index contributed by atoms with van der Waals surface area (Å²) in [5, 5.41) is 0. The van der Waals surface area contributed by atoms with Crippen molar-refractivity contribution < 1.29 is 0 Å². The van der Waals surface area contributed by atoms with E-state index in [1.165, 1.54) is 22.3 Å². The summed E-state index contributed by atoms with van der Waals surface area (Å²) in [5.41, 5.74) is 6.27. The first-order valence-electron chi connectivity index (χ1n) is 5.84. The number of aromatic nitrogens is 2. The van der Waals surface area contributed by atoms with Gasteiger partial charge in [-0.05, 0) is 37.7 Å². The van der Waals surface area contributed by atoms with E-state index >= 15 is 0 Å². The van der Waals surface area contributed by atoms with E-state index in [0.29, 0.717) is 0 Å². The number of aromatic amines is 1. The Morgan fingerprint density at radius 1 is 1.18 bits per heavy atom. The first-order chi connectivity index (χ1) is 8.11. The van der Waals surface area contributed by atoms with Crippen molar-refractivity contribution >= 4 is 12.6 Å². The first-order valence-corrected chi connectivity index (χ1v) is 6.48. The molecule has 0 saturated carbocycles. The molecule has 0 fully saturated rings. The van der Waals surface area contributed by atoms with Crippen molar-refractivity contribution in [3.05, 3.63) is 40.8 Å². The van der Waals surface area contributed by atoms with Crippen LogP contribution in [0.3, 0.4) is 0 Å². The Bertz CT molecular complexity index is 506. The smallest absolute Gasteiger partial charge is 0.107 e. The highest BCUT2D eigenvalue weighted by atomic mass is 32.1. The average molecular weight is 246 g/mol. The normalized spacial score (nSPS) is 10.8. The van der Waals surface area contributed by atoms with E-state index in [1.807, 2.05) is 6.20 Å². The lowest BCUT2D eigenvalue weighted by Gasteiger charge is -2.09. The van der Waals surface area contributed by atoms with Crippen molar-refractivity contribution in [1.82, 2.24) is 9.97 Å². The van der Waals surface area contributed by atoms with Gasteiger partial charge in [0.05, 0.1) is 11.9 Å². The molecule has 0 spiro atoms. The third-order valence-electron chi connectivity index (χ3n) is 2.92. The maximum absolute atomic E-state index is 4.38. The Kier molecular flexibility index (Phi) is 3.57. The minimum atomic E-state index is 0.818. The van der Waals surface area contributed by atoms with E-state index in [4.69, 9.17) is 0 Å². The molecule has 0 radical (unpaired) electrons. The molecule has 1 N–H and O–H groups in total. The highest BCUT2D eigenvalue weighted by Gasteiger charge is 2.09. The van der Waals surface area contributed by atoms with E-state index in [2.05, 4.69) is 55.5 Å². The Morgan fingerprint density at radius 2 is 1.82 bits per heavy atom. The molecule has 2 nitrogen and oxygen atoms in total. The monoisotopic (exact) mass is 246 g/mol. The summed E-state index contributed by atoms with van der Waals surface area (Å²) >= 11 is 4.22. The number of nitrogens with zero attached hydrogens (tertiary/aromatic N) is 1. The van der Waals surface area contributed by atoms with Crippen LogP contribution in [0.1, 0.15) is 22.5 Å². The maximum Gasteiger partial charge on any atom is 0.107 e. The molecule has 1 heterocycles. The van der Waals surface area contributed by atoms with Crippen molar-refractivity contribution in [2.45, 2.75) is 27.2 Å². The fourth-order valence-corrected chi connectivity index (χ4v) is 2.54. The zero-order chi connectivity index (χ0) is 12.4. The minimum Gasteiger partial charge on any atom is -0.342 e. The van der Waals surface area contributed by atoms with Gasteiger partial charge in [-0.2, -0.15) is 12.6 Å². The highest BCUT2D eigenvalue weighted by molar-refractivity contribution is 7.80. The van der Waals surface area contributed by atoms with Gasteiger partial charge in [-0.25, -0.2) is 4.98 Å². The number of hydrogen-bond acceptors (Lipinski definition) is 2. The maximum atomic E-state index is 4.38. The second kappa shape index (κ2) is 4.96. The number of imidazole rings is 1. The molecule has 3 heteroatoms. The van der Waals surface area contributed by atoms with Crippen molar-refractivity contribution in [3.63, 3.8) is 0 Å². The standard InChI is InChI=1S/C14H18N2S/c1-9-6-10(2)14(11(3)7-9)12-8-15-13(16-12)4-5-17/h6-8,17H,4-5H2,1-3H3,(H,15,16). The molecular weight excluding hydrogens is 228 g/mol. The second-order valence-corrected chi connectivity index (χ2v) is 4.94. The third kappa shape index (κ3) is 2.55. The highest BCUT2D eigenvalue weighted by Crippen LogP contribution is 2.26. The number of aryl methyl sites for hydroxylation is 4. The summed E-state index contributed by atoms with van der Waals surface area (Å²) in [7, 11) is 0. The van der Waals surface area contributed by atoms with E-state index in [-0.39, 0.29) is 0 Å². The van der Waals surface area contributed by atoms with Crippen LogP contribution in [-0.2, 0) is 6.42 Å². The molecule has 0 bridgehead atoms. The van der Waals surface area contributed by atoms with Crippen molar-refractivity contribution in [2.24, 2.45) is 0 Å². The number of benzene rings is 1. The number of nitrogens with one attached hydrogen (secondary N) is 1. The number of thiol groups is 1. The predicted octanol–water partition coefficient (Wildman–Crippen LogP) is 3.47. The van der Waals surface area contributed by atoms with E-state index < -0.39 is 0 Å². The Labute approximate surface area is 108 Å². The van der Waals surface area contributed by atoms with Crippen molar-refractivity contribution in [2.75, 3.05) is 5.75 Å². The molecule has 0 saturated heterocycles. The van der Waals surface area contributed by atoms with Gasteiger partial charge in [0, 0.05) is 12.0 Å². The lowest BCUT2D eigenvalue weighted by atomic mass is 9.98. The van der Waals surface area contributed by atoms with Crippen LogP contribution in [0.5, 0.6) is 0 Å². The van der Waals surface area contributed by atoms with Crippen LogP contribution >= 0.6 is 12.6 Å². The molecule has 2 rings (SSSR count). The summed E-state index contributed by atoms with van der Waals surface area (Å²) < 4.78 is 0. The summed E-state index contributed by atoms with van der Waals surface area (Å²) in [6.07, 6.45) is 2.80. The Balaban J connectivity index is 2.45. The summed E-state index contributed by atoms with van der Waals surface area (Å²) in [6.45, 7) is 6.42. The fourth-order valence-electron chi connectivity index (χ4n) is 2.33. The van der Waals surface area contributed by atoms with Crippen LogP contribution in [0, 0.1) is 20.8 Å². The van der Waals surface area contributed by atoms with Crippen LogP contribution in [0.4, 0.5) is 0 Å². The second-order valence-electron chi connectivity index (χ2n) is 4.49. The number of hydrogen-bond donors (Lipinski definition) is 2. The number of H-pyrrole nitrogens is 1. The predicted molar refractivity (Wildman–Crippen MR) is 75.8 cm³/mol. The molecule has 1 aromatic heterocycles. The molecule has 90 valence electrons. The van der Waals surface area contributed by atoms with Gasteiger partial charge in [-0.1, -0.05) is 17.7 Å². The van der Waals surface area contributed by atoms with Crippen LogP contribution in [-0.4, -0.2) is 15.7 Å². The molecular formula is C14H18N2S. The van der Waals surface area contributed by atoms with Gasteiger partial charge in [-0.15, -0.1) is 0 Å². The lowest BCUT2D eigenvalue weighted by Crippen LogP contribution is -1.92. The first kappa shape index (κ1) is 12.2. The van der Waals surface area contributed by atoms with Crippen LogP contribution in [0.2, 0.25) is 0 Å². The molecule has 2 aromatic rings. The molecule has 0 aliphatic heterocycles. The minimum absolute atomic E-state index is 0.818. The quantitative estimate of drug-likeness (QED) is 0.798. The summed E-state index contributed by atoms with van der Waals surface area (Å²) in [6, 6.07) is 4.42. The zero-order valence-corrected chi connectivity index (χ0v) is 11.4. The fraction of sp³-hybridized carbons (Fsp3) is 0.357. The van der Waals surface area contributed by atoms with Crippen LogP contribution in [0.25, 0.3) is 11.3 Å². The van der Waals surface area contributed by atoms with Gasteiger partial charge >= 0.3 is 0 Å². The van der Waals surface area contributed by atoms with Gasteiger partial charge in [-0.3, -0.25) is 0 Å². The van der Waals surface area contributed by atoms with Gasteiger partial charge in [0.2, 0.25) is 0 Å². The lowest BCUT2D eigenvalue weighted by molar-refractivity contribution is 1.00. The topological polar surface area (TPSA) is 28.7 Å². The molecule has 0 aliphatic rings.